The van der Waals surface area contributed by atoms with Crippen LogP contribution >= 0.6 is 0 Å². The van der Waals surface area contributed by atoms with Gasteiger partial charge in [-0.3, -0.25) is 23.9 Å². The molecule has 15 nitrogen and oxygen atoms in total. The quantitative estimate of drug-likeness (QED) is 0.376. The van der Waals surface area contributed by atoms with Crippen LogP contribution in [0, 0.1) is 17.7 Å². The summed E-state index contributed by atoms with van der Waals surface area (Å²) in [4.78, 5) is 67.0. The van der Waals surface area contributed by atoms with Crippen molar-refractivity contribution in [3.05, 3.63) is 73.8 Å². The van der Waals surface area contributed by atoms with Gasteiger partial charge in [0.05, 0.1) is 32.9 Å². The zero-order valence-corrected chi connectivity index (χ0v) is 26.0. The van der Waals surface area contributed by atoms with Crippen molar-refractivity contribution in [3.63, 3.8) is 0 Å². The number of carbonyl (C=O) groups is 3. The molecule has 16 heteroatoms. The van der Waals surface area contributed by atoms with Gasteiger partial charge in [-0.1, -0.05) is 0 Å². The van der Waals surface area contributed by atoms with Gasteiger partial charge in [0.2, 0.25) is 24.3 Å². The molecule has 0 bridgehead atoms. The number of aromatic nitrogens is 2. The first-order chi connectivity index (χ1) is 23.1. The van der Waals surface area contributed by atoms with Gasteiger partial charge in [0, 0.05) is 38.0 Å². The smallest absolute Gasteiger partial charge is 0.415 e. The Kier molecular flexibility index (Phi) is 7.93. The van der Waals surface area contributed by atoms with E-state index < -0.39 is 47.4 Å². The minimum atomic E-state index is -1.18. The summed E-state index contributed by atoms with van der Waals surface area (Å²) in [5.74, 6) is -1.20. The van der Waals surface area contributed by atoms with Gasteiger partial charge in [-0.05, 0) is 47.4 Å². The number of esters is 1. The Morgan fingerprint density at radius 3 is 2.29 bits per heavy atom. The summed E-state index contributed by atoms with van der Waals surface area (Å²) < 4.78 is 48.3. The normalized spacial score (nSPS) is 20.9. The van der Waals surface area contributed by atoms with Gasteiger partial charge in [0.25, 0.3) is 5.56 Å². The molecule has 2 saturated heterocycles. The van der Waals surface area contributed by atoms with Crippen LogP contribution in [0.1, 0.15) is 22.6 Å². The van der Waals surface area contributed by atoms with Crippen LogP contribution in [-0.4, -0.2) is 91.1 Å². The van der Waals surface area contributed by atoms with Gasteiger partial charge < -0.3 is 38.2 Å². The Morgan fingerprint density at radius 2 is 1.60 bits per heavy atom. The molecular formula is C32H31FN4O11. The molecule has 4 heterocycles. The molecule has 1 N–H and O–H groups in total. The van der Waals surface area contributed by atoms with Crippen molar-refractivity contribution in [2.24, 2.45) is 11.8 Å². The number of methoxy groups -OCH3 is 2. The molecule has 3 atom stereocenters. The molecule has 0 spiro atoms. The van der Waals surface area contributed by atoms with Crippen molar-refractivity contribution < 1.29 is 47.2 Å². The molecule has 2 fully saturated rings. The van der Waals surface area contributed by atoms with E-state index in [9.17, 15) is 28.4 Å². The van der Waals surface area contributed by atoms with E-state index in [0.29, 0.717) is 36.3 Å². The van der Waals surface area contributed by atoms with E-state index in [-0.39, 0.29) is 62.1 Å². The van der Waals surface area contributed by atoms with Crippen molar-refractivity contribution in [1.29, 1.82) is 0 Å². The molecular weight excluding hydrogens is 635 g/mol. The molecule has 1 aromatic heterocycles. The summed E-state index contributed by atoms with van der Waals surface area (Å²) in [6.45, 7) is 0.418. The molecule has 2 aromatic carbocycles. The highest BCUT2D eigenvalue weighted by atomic mass is 19.1. The first-order valence-electron chi connectivity index (χ1n) is 15.2. The van der Waals surface area contributed by atoms with Gasteiger partial charge in [-0.25, -0.2) is 9.59 Å². The van der Waals surface area contributed by atoms with Crippen molar-refractivity contribution in [3.8, 4) is 28.7 Å². The van der Waals surface area contributed by atoms with Gasteiger partial charge in [0.15, 0.2) is 23.0 Å². The molecule has 7 rings (SSSR count). The van der Waals surface area contributed by atoms with Crippen molar-refractivity contribution >= 4 is 18.0 Å². The molecule has 0 radical (unpaired) electrons. The lowest BCUT2D eigenvalue weighted by Gasteiger charge is -2.35. The topological polar surface area (TPSA) is 168 Å². The van der Waals surface area contributed by atoms with Crippen LogP contribution < -0.4 is 34.9 Å². The number of carbonyl (C=O) groups excluding carboxylic acids is 3. The first-order valence-corrected chi connectivity index (χ1v) is 15.2. The average molecular weight is 667 g/mol. The second-order valence-electron chi connectivity index (χ2n) is 11.9. The maximum absolute atomic E-state index is 13.6. The van der Waals surface area contributed by atoms with Crippen LogP contribution in [0.4, 0.5) is 9.18 Å². The SMILES string of the molecule is COc1cc([C@@H]2c3cc4c(cc3C[C@H]3COC(=O)[C@@H]32)OCO4)cc(OC)c1OC(=O)N1CCN(C(=O)Cn2cc(F)c(=O)[nH]c2=O)CC1. The van der Waals surface area contributed by atoms with Crippen LogP contribution in [0.2, 0.25) is 0 Å². The van der Waals surface area contributed by atoms with Crippen LogP contribution in [0.5, 0.6) is 28.7 Å². The lowest BCUT2D eigenvalue weighted by molar-refractivity contribution is -0.141. The highest BCUT2D eigenvalue weighted by Gasteiger charge is 2.48. The summed E-state index contributed by atoms with van der Waals surface area (Å²) in [7, 11) is 2.86. The monoisotopic (exact) mass is 666 g/mol. The Labute approximate surface area is 271 Å². The van der Waals surface area contributed by atoms with E-state index in [4.69, 9.17) is 28.4 Å². The number of nitrogens with one attached hydrogen (secondary N) is 1. The number of hydrogen-bond acceptors (Lipinski definition) is 11. The van der Waals surface area contributed by atoms with E-state index in [1.807, 2.05) is 17.1 Å². The number of aromatic amines is 1. The molecule has 4 aliphatic rings. The lowest BCUT2D eigenvalue weighted by atomic mass is 9.67. The molecule has 0 saturated carbocycles. The molecule has 0 unspecified atom stereocenters. The van der Waals surface area contributed by atoms with Crippen LogP contribution in [-0.2, 0) is 27.3 Å². The maximum atomic E-state index is 13.6. The summed E-state index contributed by atoms with van der Waals surface area (Å²) in [5.41, 5.74) is 0.544. The third kappa shape index (κ3) is 5.46. The van der Waals surface area contributed by atoms with Gasteiger partial charge in [0.1, 0.15) is 6.54 Å². The van der Waals surface area contributed by atoms with Crippen molar-refractivity contribution in [2.45, 2.75) is 18.9 Å². The highest BCUT2D eigenvalue weighted by Crippen LogP contribution is 2.52. The number of piperazine rings is 1. The number of amides is 2. The van der Waals surface area contributed by atoms with E-state index in [1.165, 1.54) is 24.0 Å². The summed E-state index contributed by atoms with van der Waals surface area (Å²) >= 11 is 0. The first kappa shape index (κ1) is 31.1. The average Bonchev–Trinajstić information content (AvgIpc) is 3.70. The minimum absolute atomic E-state index is 0.0407. The molecule has 3 aliphatic heterocycles. The predicted molar refractivity (Wildman–Crippen MR) is 161 cm³/mol. The third-order valence-electron chi connectivity index (χ3n) is 9.23. The number of fused-ring (bicyclic) bond motifs is 3. The van der Waals surface area contributed by atoms with Crippen LogP contribution in [0.25, 0.3) is 0 Å². The molecule has 3 aromatic rings. The zero-order valence-electron chi connectivity index (χ0n) is 26.0. The number of halogens is 1. The number of H-pyrrole nitrogens is 1. The predicted octanol–water partition coefficient (Wildman–Crippen LogP) is 1.24. The number of ether oxygens (including phenoxy) is 6. The number of benzene rings is 2. The van der Waals surface area contributed by atoms with E-state index in [0.717, 1.165) is 15.7 Å². The number of cyclic esters (lactones) is 1. The summed E-state index contributed by atoms with van der Waals surface area (Å²) in [6, 6.07) is 7.29. The van der Waals surface area contributed by atoms with Crippen molar-refractivity contribution in [1.82, 2.24) is 19.4 Å². The second-order valence-corrected chi connectivity index (χ2v) is 11.9. The third-order valence-corrected chi connectivity index (χ3v) is 9.23. The molecule has 1 aliphatic carbocycles. The summed E-state index contributed by atoms with van der Waals surface area (Å²) in [6.07, 6.45) is 0.616. The number of nitrogens with zero attached hydrogens (tertiary/aromatic N) is 3. The Balaban J connectivity index is 1.09. The van der Waals surface area contributed by atoms with Gasteiger partial charge in [-0.2, -0.15) is 4.39 Å². The number of hydrogen-bond donors (Lipinski definition) is 1. The van der Waals surface area contributed by atoms with Crippen LogP contribution in [0.3, 0.4) is 0 Å². The maximum Gasteiger partial charge on any atom is 0.415 e. The zero-order chi connectivity index (χ0) is 33.7. The fourth-order valence-corrected chi connectivity index (χ4v) is 6.82. The summed E-state index contributed by atoms with van der Waals surface area (Å²) in [5, 5.41) is 0. The fourth-order valence-electron chi connectivity index (χ4n) is 6.82. The molecule has 252 valence electrons. The largest absolute Gasteiger partial charge is 0.493 e. The van der Waals surface area contributed by atoms with Gasteiger partial charge >= 0.3 is 17.8 Å². The Hall–Kier alpha value is -5.54. The second kappa shape index (κ2) is 12.2. The fraction of sp³-hybridized carbons (Fsp3) is 0.406. The van der Waals surface area contributed by atoms with Crippen molar-refractivity contribution in [2.75, 3.05) is 53.8 Å². The highest BCUT2D eigenvalue weighted by molar-refractivity contribution is 5.79. The minimum Gasteiger partial charge on any atom is -0.493 e. The Morgan fingerprint density at radius 1 is 0.938 bits per heavy atom. The van der Waals surface area contributed by atoms with Gasteiger partial charge in [-0.15, -0.1) is 0 Å². The lowest BCUT2D eigenvalue weighted by Crippen LogP contribution is -2.52. The van der Waals surface area contributed by atoms with E-state index >= 15 is 0 Å². The number of rotatable bonds is 6. The van der Waals surface area contributed by atoms with Crippen LogP contribution in [0.15, 0.2) is 40.1 Å². The molecule has 2 amide bonds. The molecule has 48 heavy (non-hydrogen) atoms. The standard InChI is InChI=1S/C32H31FN4O11/c1-43-23-9-17(26-19-11-22-21(46-15-47-22)8-16(19)7-18-14-45-30(40)27(18)26)10-24(44-2)28(23)48-32(42)36-5-3-35(4-6-36)25(38)13-37-12-20(33)29(39)34-31(37)41/h8-12,18,26-27H,3-7,13-15H2,1-2H3,(H,34,39,41)/t18-,26+,27-/m0/s1. The van der Waals surface area contributed by atoms with E-state index in [2.05, 4.69) is 0 Å². The Bertz CT molecular complexity index is 1910. The van der Waals surface area contributed by atoms with E-state index in [1.54, 1.807) is 12.1 Å².